The molecule has 1 aromatic heterocycles. The van der Waals surface area contributed by atoms with Crippen LogP contribution in [0.25, 0.3) is 0 Å². The van der Waals surface area contributed by atoms with Gasteiger partial charge in [0.2, 0.25) is 5.91 Å². The molecule has 0 radical (unpaired) electrons. The Morgan fingerprint density at radius 2 is 2.12 bits per heavy atom. The van der Waals surface area contributed by atoms with Crippen LogP contribution < -0.4 is 10.6 Å². The number of hydrogen-bond acceptors (Lipinski definition) is 3. The van der Waals surface area contributed by atoms with Gasteiger partial charge >= 0.3 is 0 Å². The largest absolute Gasteiger partial charge is 0.353 e. The fraction of sp³-hybridized carbons (Fsp3) is 0.667. The van der Waals surface area contributed by atoms with Crippen molar-refractivity contribution >= 4 is 5.91 Å². The average Bonchev–Trinajstić information content (AvgIpc) is 2.52. The molecule has 96 valence electrons. The lowest BCUT2D eigenvalue weighted by molar-refractivity contribution is -0.123. The van der Waals surface area contributed by atoms with Crippen LogP contribution in [0.2, 0.25) is 0 Å². The van der Waals surface area contributed by atoms with Gasteiger partial charge in [-0.15, -0.1) is 0 Å². The van der Waals surface area contributed by atoms with Crippen LogP contribution in [0.3, 0.4) is 0 Å². The maximum Gasteiger partial charge on any atom is 0.237 e. The number of carbonyl (C=O) groups excluding carboxylic acids is 1. The summed E-state index contributed by atoms with van der Waals surface area (Å²) < 4.78 is 1.78. The van der Waals surface area contributed by atoms with Crippen molar-refractivity contribution < 1.29 is 4.79 Å². The van der Waals surface area contributed by atoms with Crippen molar-refractivity contribution in [3.8, 4) is 0 Å². The van der Waals surface area contributed by atoms with Crippen molar-refractivity contribution in [3.05, 3.63) is 17.5 Å². The second-order valence-corrected chi connectivity index (χ2v) is 4.68. The Labute approximate surface area is 103 Å². The standard InChI is InChI=1S/C12H22N4O/c1-8(2)14-12(17)10(4)13-6-11-7-16(5)15-9(11)3/h7-8,10,13H,6H2,1-5H3,(H,14,17). The zero-order valence-corrected chi connectivity index (χ0v) is 11.2. The van der Waals surface area contributed by atoms with E-state index in [2.05, 4.69) is 15.7 Å². The average molecular weight is 238 g/mol. The van der Waals surface area contributed by atoms with Crippen molar-refractivity contribution in [1.82, 2.24) is 20.4 Å². The Kier molecular flexibility index (Phi) is 4.69. The van der Waals surface area contributed by atoms with Gasteiger partial charge < -0.3 is 10.6 Å². The van der Waals surface area contributed by atoms with E-state index in [1.54, 1.807) is 4.68 Å². The summed E-state index contributed by atoms with van der Waals surface area (Å²) in [5, 5.41) is 10.3. The zero-order valence-electron chi connectivity index (χ0n) is 11.2. The molecule has 1 aromatic rings. The van der Waals surface area contributed by atoms with E-state index in [9.17, 15) is 4.79 Å². The highest BCUT2D eigenvalue weighted by Crippen LogP contribution is 2.04. The van der Waals surface area contributed by atoms with Crippen molar-refractivity contribution in [2.24, 2.45) is 7.05 Å². The summed E-state index contributed by atoms with van der Waals surface area (Å²) in [5.41, 5.74) is 2.12. The molecule has 0 aromatic carbocycles. The number of amides is 1. The fourth-order valence-electron chi connectivity index (χ4n) is 1.59. The van der Waals surface area contributed by atoms with Crippen molar-refractivity contribution in [1.29, 1.82) is 0 Å². The minimum absolute atomic E-state index is 0.0292. The summed E-state index contributed by atoms with van der Waals surface area (Å²) in [6, 6.07) is -0.0242. The van der Waals surface area contributed by atoms with Crippen LogP contribution in [0.15, 0.2) is 6.20 Å². The van der Waals surface area contributed by atoms with Crippen LogP contribution in [0.4, 0.5) is 0 Å². The predicted molar refractivity (Wildman–Crippen MR) is 67.5 cm³/mol. The number of rotatable bonds is 5. The first-order chi connectivity index (χ1) is 7.90. The smallest absolute Gasteiger partial charge is 0.237 e. The van der Waals surface area contributed by atoms with E-state index in [1.807, 2.05) is 40.9 Å². The van der Waals surface area contributed by atoms with Crippen LogP contribution in [-0.2, 0) is 18.4 Å². The number of nitrogens with one attached hydrogen (secondary N) is 2. The van der Waals surface area contributed by atoms with Gasteiger partial charge in [-0.3, -0.25) is 9.48 Å². The first-order valence-electron chi connectivity index (χ1n) is 5.93. The molecule has 0 aliphatic rings. The summed E-state index contributed by atoms with van der Waals surface area (Å²) in [5.74, 6) is 0.0292. The summed E-state index contributed by atoms with van der Waals surface area (Å²) in [4.78, 5) is 11.7. The third-order valence-electron chi connectivity index (χ3n) is 2.54. The number of aromatic nitrogens is 2. The molecule has 2 N–H and O–H groups in total. The lowest BCUT2D eigenvalue weighted by Gasteiger charge is -2.15. The van der Waals surface area contributed by atoms with Gasteiger partial charge in [-0.2, -0.15) is 5.10 Å². The second-order valence-electron chi connectivity index (χ2n) is 4.68. The number of nitrogens with zero attached hydrogens (tertiary/aromatic N) is 2. The van der Waals surface area contributed by atoms with Crippen LogP contribution >= 0.6 is 0 Å². The van der Waals surface area contributed by atoms with E-state index >= 15 is 0 Å². The fourth-order valence-corrected chi connectivity index (χ4v) is 1.59. The van der Waals surface area contributed by atoms with E-state index in [1.165, 1.54) is 0 Å². The third-order valence-corrected chi connectivity index (χ3v) is 2.54. The van der Waals surface area contributed by atoms with Crippen LogP contribution in [0, 0.1) is 6.92 Å². The highest BCUT2D eigenvalue weighted by atomic mass is 16.2. The molecule has 1 rings (SSSR count). The maximum absolute atomic E-state index is 11.7. The monoisotopic (exact) mass is 238 g/mol. The molecule has 0 bridgehead atoms. The summed E-state index contributed by atoms with van der Waals surface area (Å²) in [7, 11) is 1.89. The number of aryl methyl sites for hydroxylation is 2. The van der Waals surface area contributed by atoms with E-state index in [4.69, 9.17) is 0 Å². The van der Waals surface area contributed by atoms with Crippen molar-refractivity contribution in [2.75, 3.05) is 0 Å². The van der Waals surface area contributed by atoms with Gasteiger partial charge in [-0.1, -0.05) is 0 Å². The molecule has 0 saturated heterocycles. The highest BCUT2D eigenvalue weighted by Gasteiger charge is 2.13. The van der Waals surface area contributed by atoms with E-state index in [0.717, 1.165) is 11.3 Å². The molecule has 1 unspecified atom stereocenters. The van der Waals surface area contributed by atoms with Crippen molar-refractivity contribution in [3.63, 3.8) is 0 Å². The molecule has 0 spiro atoms. The summed E-state index contributed by atoms with van der Waals surface area (Å²) in [6.07, 6.45) is 1.97. The molecule has 5 heteroatoms. The lowest BCUT2D eigenvalue weighted by Crippen LogP contribution is -2.44. The van der Waals surface area contributed by atoms with Crippen LogP contribution in [-0.4, -0.2) is 27.8 Å². The Morgan fingerprint density at radius 3 is 2.59 bits per heavy atom. The first-order valence-corrected chi connectivity index (χ1v) is 5.93. The van der Waals surface area contributed by atoms with Gasteiger partial charge in [0, 0.05) is 31.4 Å². The molecule has 0 aliphatic heterocycles. The maximum atomic E-state index is 11.7. The predicted octanol–water partition coefficient (Wildman–Crippen LogP) is 0.731. The first kappa shape index (κ1) is 13.7. The van der Waals surface area contributed by atoms with E-state index in [0.29, 0.717) is 6.54 Å². The van der Waals surface area contributed by atoms with Gasteiger partial charge in [0.1, 0.15) is 0 Å². The second kappa shape index (κ2) is 5.82. The number of hydrogen-bond donors (Lipinski definition) is 2. The molecule has 1 heterocycles. The Balaban J connectivity index is 2.45. The summed E-state index contributed by atoms with van der Waals surface area (Å²) in [6.45, 7) is 8.40. The Morgan fingerprint density at radius 1 is 1.47 bits per heavy atom. The molecule has 1 atom stereocenters. The summed E-state index contributed by atoms with van der Waals surface area (Å²) >= 11 is 0. The van der Waals surface area contributed by atoms with Crippen LogP contribution in [0.5, 0.6) is 0 Å². The van der Waals surface area contributed by atoms with E-state index < -0.39 is 0 Å². The molecule has 0 fully saturated rings. The molecular formula is C12H22N4O. The number of carbonyl (C=O) groups is 1. The topological polar surface area (TPSA) is 59.0 Å². The molecule has 5 nitrogen and oxygen atoms in total. The van der Waals surface area contributed by atoms with Gasteiger partial charge in [0.15, 0.2) is 0 Å². The zero-order chi connectivity index (χ0) is 13.0. The van der Waals surface area contributed by atoms with Gasteiger partial charge in [0.25, 0.3) is 0 Å². The highest BCUT2D eigenvalue weighted by molar-refractivity contribution is 5.81. The molecular weight excluding hydrogens is 216 g/mol. The van der Waals surface area contributed by atoms with Gasteiger partial charge in [-0.05, 0) is 27.7 Å². The lowest BCUT2D eigenvalue weighted by atomic mass is 10.2. The molecule has 0 saturated carbocycles. The Bertz CT molecular complexity index is 384. The van der Waals surface area contributed by atoms with E-state index in [-0.39, 0.29) is 18.0 Å². The van der Waals surface area contributed by atoms with Gasteiger partial charge in [-0.25, -0.2) is 0 Å². The van der Waals surface area contributed by atoms with Crippen molar-refractivity contribution in [2.45, 2.75) is 46.3 Å². The van der Waals surface area contributed by atoms with Gasteiger partial charge in [0.05, 0.1) is 11.7 Å². The molecule has 0 aliphatic carbocycles. The minimum atomic E-state index is -0.197. The quantitative estimate of drug-likeness (QED) is 0.795. The Hall–Kier alpha value is -1.36. The SMILES string of the molecule is Cc1nn(C)cc1CNC(C)C(=O)NC(C)C. The third kappa shape index (κ3) is 4.19. The molecule has 1 amide bonds. The minimum Gasteiger partial charge on any atom is -0.353 e. The van der Waals surface area contributed by atoms with Crippen LogP contribution in [0.1, 0.15) is 32.0 Å². The normalized spacial score (nSPS) is 12.8. The molecule has 17 heavy (non-hydrogen) atoms.